The van der Waals surface area contributed by atoms with Crippen LogP contribution in [-0.2, 0) is 21.4 Å². The van der Waals surface area contributed by atoms with Gasteiger partial charge in [0.25, 0.3) is 10.2 Å². The summed E-state index contributed by atoms with van der Waals surface area (Å²) in [4.78, 5) is 13.0. The fraction of sp³-hybridized carbons (Fsp3) is 0.854. The predicted molar refractivity (Wildman–Crippen MR) is 244 cm³/mol. The fourth-order valence-corrected chi connectivity index (χ4v) is 8.54. The van der Waals surface area contributed by atoms with Crippen molar-refractivity contribution in [2.24, 2.45) is 5.92 Å². The molecule has 1 aromatic rings. The lowest BCUT2D eigenvalue weighted by Gasteiger charge is -2.28. The van der Waals surface area contributed by atoms with Crippen LogP contribution in [0.2, 0.25) is 0 Å². The second-order valence-corrected chi connectivity index (χ2v) is 20.1. The molecule has 0 heterocycles. The minimum absolute atomic E-state index is 0.213. The van der Waals surface area contributed by atoms with Gasteiger partial charge >= 0.3 is 0 Å². The van der Waals surface area contributed by atoms with Crippen LogP contribution in [0.1, 0.15) is 220 Å². The number of carbonyl (C=O) groups excluding carboxylic acids is 1. The molecular weight excluding hydrogens is 731 g/mol. The number of benzene rings is 1. The maximum absolute atomic E-state index is 13.0. The Morgan fingerprint density at radius 3 is 1.44 bits per heavy atom. The van der Waals surface area contributed by atoms with Crippen LogP contribution < -0.4 is 19.5 Å². The summed E-state index contributed by atoms with van der Waals surface area (Å²) >= 11 is 0. The molecule has 0 saturated carbocycles. The molecule has 0 bridgehead atoms. The quantitative estimate of drug-likeness (QED) is 0.0648. The number of amides is 1. The summed E-state index contributed by atoms with van der Waals surface area (Å²) in [6.45, 7) is 12.1. The maximum Gasteiger partial charge on any atom is 0.279 e. The van der Waals surface area contributed by atoms with Crippen LogP contribution in [0.4, 0.5) is 0 Å². The zero-order valence-corrected chi connectivity index (χ0v) is 39.5. The van der Waals surface area contributed by atoms with Gasteiger partial charge in [-0.3, -0.25) is 4.79 Å². The Morgan fingerprint density at radius 2 is 1.07 bits per heavy atom. The molecule has 9 heteroatoms. The van der Waals surface area contributed by atoms with E-state index in [0.29, 0.717) is 12.2 Å². The first kappa shape index (κ1) is 53.2. The second-order valence-electron chi connectivity index (χ2n) is 18.2. The summed E-state index contributed by atoms with van der Waals surface area (Å²) in [5.74, 6) is 0.830. The highest BCUT2D eigenvalue weighted by Crippen LogP contribution is 2.33. The van der Waals surface area contributed by atoms with Gasteiger partial charge in [0.2, 0.25) is 5.91 Å². The molecule has 2 atom stereocenters. The van der Waals surface area contributed by atoms with E-state index in [-0.39, 0.29) is 23.5 Å². The molecule has 8 nitrogen and oxygen atoms in total. The number of nitrogens with zero attached hydrogens (tertiary/aromatic N) is 1. The lowest BCUT2D eigenvalue weighted by atomic mass is 9.98. The Kier molecular flexibility index (Phi) is 29.9. The van der Waals surface area contributed by atoms with Gasteiger partial charge in [0.1, 0.15) is 11.6 Å². The molecule has 0 radical (unpaired) electrons. The highest BCUT2D eigenvalue weighted by molar-refractivity contribution is 7.87. The van der Waals surface area contributed by atoms with Crippen LogP contribution >= 0.6 is 0 Å². The molecule has 0 aliphatic carbocycles. The summed E-state index contributed by atoms with van der Waals surface area (Å²) in [5, 5.41) is 2.98. The van der Waals surface area contributed by atoms with Crippen LogP contribution in [-0.4, -0.2) is 57.5 Å². The highest BCUT2D eigenvalue weighted by atomic mass is 32.2. The van der Waals surface area contributed by atoms with Crippen molar-refractivity contribution in [1.29, 1.82) is 0 Å². The molecule has 2 unspecified atom stereocenters. The van der Waals surface area contributed by atoms with Gasteiger partial charge in [-0.05, 0) is 63.6 Å². The van der Waals surface area contributed by atoms with Crippen molar-refractivity contribution in [3.63, 3.8) is 0 Å². The monoisotopic (exact) mass is 822 g/mol. The van der Waals surface area contributed by atoms with E-state index in [1.807, 2.05) is 39.0 Å². The first-order valence-corrected chi connectivity index (χ1v) is 25.0. The van der Waals surface area contributed by atoms with Crippen LogP contribution in [0.15, 0.2) is 18.2 Å². The largest absolute Gasteiger partial charge is 0.493 e. The molecule has 0 fully saturated rings. The third-order valence-corrected chi connectivity index (χ3v) is 12.9. The first-order chi connectivity index (χ1) is 27.2. The molecule has 1 rings (SSSR count). The van der Waals surface area contributed by atoms with E-state index in [9.17, 15) is 13.2 Å². The standard InChI is InChI=1S/C48H91N3O5S/c1-10-11-12-13-14-15-16-17-18-19-20-21-22-23-24-25-26-27-28-29-30-31-32-33-34-35-38-48(5,6)56-44-37-36-43(40-45(44)55-9)39-42(4)49-47(52)46(41(2)3)50-57(53,54)51(7)8/h36-37,40-42,46,50H,10-35,38-39H2,1-9H3,(H,49,52). The van der Waals surface area contributed by atoms with Gasteiger partial charge in [0.15, 0.2) is 11.5 Å². The fourth-order valence-electron chi connectivity index (χ4n) is 7.63. The van der Waals surface area contributed by atoms with Crippen molar-refractivity contribution in [2.75, 3.05) is 21.2 Å². The molecule has 0 aliphatic rings. The zero-order chi connectivity index (χ0) is 42.4. The van der Waals surface area contributed by atoms with Gasteiger partial charge in [-0.2, -0.15) is 17.4 Å². The number of unbranched alkanes of at least 4 members (excludes halogenated alkanes) is 25. The summed E-state index contributed by atoms with van der Waals surface area (Å²) in [7, 11) is 0.782. The number of nitrogens with one attached hydrogen (secondary N) is 2. The average Bonchev–Trinajstić information content (AvgIpc) is 3.15. The Hall–Kier alpha value is -1.84. The predicted octanol–water partition coefficient (Wildman–Crippen LogP) is 12.9. The molecule has 0 saturated heterocycles. The molecule has 0 spiro atoms. The van der Waals surface area contributed by atoms with E-state index in [0.717, 1.165) is 28.5 Å². The Bertz CT molecular complexity index is 1250. The van der Waals surface area contributed by atoms with Gasteiger partial charge in [-0.25, -0.2) is 0 Å². The van der Waals surface area contributed by atoms with Crippen molar-refractivity contribution in [1.82, 2.24) is 14.3 Å². The van der Waals surface area contributed by atoms with E-state index in [2.05, 4.69) is 30.8 Å². The molecule has 57 heavy (non-hydrogen) atoms. The van der Waals surface area contributed by atoms with Crippen LogP contribution in [0, 0.1) is 5.92 Å². The SMILES string of the molecule is CCCCCCCCCCCCCCCCCCCCCCCCCCCCC(C)(C)Oc1ccc(CC(C)NC(=O)C(NS(=O)(=O)N(C)C)C(C)C)cc1OC. The molecule has 1 aromatic carbocycles. The van der Waals surface area contributed by atoms with Crippen molar-refractivity contribution >= 4 is 16.1 Å². The average molecular weight is 822 g/mol. The summed E-state index contributed by atoms with van der Waals surface area (Å²) in [5.41, 5.74) is 0.684. The maximum atomic E-state index is 13.0. The lowest BCUT2D eigenvalue weighted by Crippen LogP contribution is -2.54. The summed E-state index contributed by atoms with van der Waals surface area (Å²) < 4.78 is 40.5. The van der Waals surface area contributed by atoms with E-state index >= 15 is 0 Å². The summed E-state index contributed by atoms with van der Waals surface area (Å²) in [6.07, 6.45) is 38.1. The van der Waals surface area contributed by atoms with E-state index in [4.69, 9.17) is 9.47 Å². The minimum Gasteiger partial charge on any atom is -0.493 e. The Labute approximate surface area is 353 Å². The number of ether oxygens (including phenoxy) is 2. The van der Waals surface area contributed by atoms with Crippen molar-refractivity contribution in [3.8, 4) is 11.5 Å². The van der Waals surface area contributed by atoms with E-state index < -0.39 is 16.3 Å². The second kappa shape index (κ2) is 32.0. The third kappa shape index (κ3) is 26.8. The number of rotatable bonds is 38. The minimum atomic E-state index is -3.74. The Morgan fingerprint density at radius 1 is 0.667 bits per heavy atom. The number of hydrogen-bond donors (Lipinski definition) is 2. The van der Waals surface area contributed by atoms with Crippen molar-refractivity contribution in [2.45, 2.75) is 239 Å². The number of hydrogen-bond acceptors (Lipinski definition) is 5. The van der Waals surface area contributed by atoms with Gasteiger partial charge < -0.3 is 14.8 Å². The molecule has 0 aliphatic heterocycles. The van der Waals surface area contributed by atoms with Gasteiger partial charge in [-0.1, -0.05) is 187 Å². The van der Waals surface area contributed by atoms with Gasteiger partial charge in [0.05, 0.1) is 7.11 Å². The third-order valence-electron chi connectivity index (χ3n) is 11.4. The normalized spacial score (nSPS) is 13.3. The van der Waals surface area contributed by atoms with E-state index in [1.165, 1.54) is 175 Å². The van der Waals surface area contributed by atoms with Crippen LogP contribution in [0.25, 0.3) is 0 Å². The van der Waals surface area contributed by atoms with Gasteiger partial charge in [-0.15, -0.1) is 0 Å². The zero-order valence-electron chi connectivity index (χ0n) is 38.7. The molecule has 2 N–H and O–H groups in total. The first-order valence-electron chi connectivity index (χ1n) is 23.6. The van der Waals surface area contributed by atoms with E-state index in [1.54, 1.807) is 7.11 Å². The van der Waals surface area contributed by atoms with Crippen LogP contribution in [0.5, 0.6) is 11.5 Å². The molecular formula is C48H91N3O5S. The van der Waals surface area contributed by atoms with Crippen LogP contribution in [0.3, 0.4) is 0 Å². The Balaban J connectivity index is 2.14. The number of methoxy groups -OCH3 is 1. The lowest BCUT2D eigenvalue weighted by molar-refractivity contribution is -0.124. The number of carbonyl (C=O) groups is 1. The topological polar surface area (TPSA) is 97.0 Å². The molecule has 1 amide bonds. The summed E-state index contributed by atoms with van der Waals surface area (Å²) in [6, 6.07) is 4.84. The smallest absolute Gasteiger partial charge is 0.279 e. The highest BCUT2D eigenvalue weighted by Gasteiger charge is 2.29. The molecule has 0 aromatic heterocycles. The molecule has 334 valence electrons. The van der Waals surface area contributed by atoms with Crippen molar-refractivity contribution in [3.05, 3.63) is 23.8 Å². The van der Waals surface area contributed by atoms with Gasteiger partial charge in [0, 0.05) is 20.1 Å². The van der Waals surface area contributed by atoms with Crippen molar-refractivity contribution < 1.29 is 22.7 Å².